The molecule has 0 amide bonds. The van der Waals surface area contributed by atoms with Crippen LogP contribution >= 0.6 is 15.9 Å². The molecule has 0 aromatic heterocycles. The minimum absolute atomic E-state index is 0.252. The van der Waals surface area contributed by atoms with E-state index in [0.717, 1.165) is 5.33 Å². The van der Waals surface area contributed by atoms with Crippen LogP contribution in [0.15, 0.2) is 0 Å². The lowest BCUT2D eigenvalue weighted by Gasteiger charge is -2.27. The Hall–Kier alpha value is 0.320. The molecule has 0 saturated heterocycles. The number of alkyl halides is 1. The van der Waals surface area contributed by atoms with Crippen molar-refractivity contribution in [3.8, 4) is 0 Å². The number of methoxy groups -OCH3 is 3. The van der Waals surface area contributed by atoms with E-state index in [4.69, 9.17) is 18.9 Å². The third kappa shape index (κ3) is 3.82. The largest absolute Gasteiger partial charge is 0.372 e. The zero-order valence-electron chi connectivity index (χ0n) is 7.63. The molecule has 0 bridgehead atoms. The number of hydrogen-bond acceptors (Lipinski definition) is 4. The first-order chi connectivity index (χ1) is 5.74. The lowest BCUT2D eigenvalue weighted by molar-refractivity contribution is -0.367. The first-order valence-corrected chi connectivity index (χ1v) is 4.66. The van der Waals surface area contributed by atoms with Crippen molar-refractivity contribution in [3.63, 3.8) is 0 Å². The standard InChI is InChI=1S/C7H15BrO4/c1-9-7(10-2,11-3)6-12-5-4-8/h4-6H2,1-3H3. The molecule has 0 saturated carbocycles. The van der Waals surface area contributed by atoms with Crippen molar-refractivity contribution in [3.05, 3.63) is 0 Å². The van der Waals surface area contributed by atoms with Crippen LogP contribution in [0.25, 0.3) is 0 Å². The topological polar surface area (TPSA) is 36.9 Å². The fraction of sp³-hybridized carbons (Fsp3) is 1.00. The summed E-state index contributed by atoms with van der Waals surface area (Å²) < 4.78 is 20.2. The van der Waals surface area contributed by atoms with Gasteiger partial charge in [0.25, 0.3) is 0 Å². The van der Waals surface area contributed by atoms with E-state index in [0.29, 0.717) is 6.61 Å². The molecule has 74 valence electrons. The van der Waals surface area contributed by atoms with Gasteiger partial charge in [0, 0.05) is 26.7 Å². The van der Waals surface area contributed by atoms with Gasteiger partial charge in [0.15, 0.2) is 0 Å². The second-order valence-corrected chi connectivity index (χ2v) is 2.83. The van der Waals surface area contributed by atoms with Crippen LogP contribution in [0.2, 0.25) is 0 Å². The zero-order chi connectivity index (χ0) is 9.45. The summed E-state index contributed by atoms with van der Waals surface area (Å²) >= 11 is 3.24. The lowest BCUT2D eigenvalue weighted by Crippen LogP contribution is -2.41. The number of rotatable bonds is 7. The second kappa shape index (κ2) is 6.80. The van der Waals surface area contributed by atoms with Gasteiger partial charge >= 0.3 is 5.97 Å². The van der Waals surface area contributed by atoms with E-state index in [-0.39, 0.29) is 6.61 Å². The van der Waals surface area contributed by atoms with Crippen molar-refractivity contribution in [2.24, 2.45) is 0 Å². The van der Waals surface area contributed by atoms with Crippen LogP contribution in [0.5, 0.6) is 0 Å². The molecule has 5 heteroatoms. The third-order valence-corrected chi connectivity index (χ3v) is 1.76. The summed E-state index contributed by atoms with van der Waals surface area (Å²) in [5.41, 5.74) is 0. The maximum absolute atomic E-state index is 5.20. The molecule has 0 aromatic rings. The van der Waals surface area contributed by atoms with Crippen LogP contribution < -0.4 is 0 Å². The van der Waals surface area contributed by atoms with Crippen molar-refractivity contribution < 1.29 is 18.9 Å². The first kappa shape index (κ1) is 12.3. The Labute approximate surface area is 81.3 Å². The van der Waals surface area contributed by atoms with Crippen molar-refractivity contribution in [1.29, 1.82) is 0 Å². The molecule has 0 aliphatic heterocycles. The van der Waals surface area contributed by atoms with Gasteiger partial charge in [-0.25, -0.2) is 0 Å². The number of hydrogen-bond donors (Lipinski definition) is 0. The molecule has 0 unspecified atom stereocenters. The summed E-state index contributed by atoms with van der Waals surface area (Å²) in [5.74, 6) is -1.07. The molecule has 4 nitrogen and oxygen atoms in total. The molecular weight excluding hydrogens is 228 g/mol. The SMILES string of the molecule is COC(COCCBr)(OC)OC. The highest BCUT2D eigenvalue weighted by atomic mass is 79.9. The van der Waals surface area contributed by atoms with Crippen molar-refractivity contribution in [2.45, 2.75) is 5.97 Å². The predicted molar refractivity (Wildman–Crippen MR) is 48.4 cm³/mol. The van der Waals surface area contributed by atoms with E-state index in [1.807, 2.05) is 0 Å². The molecule has 0 radical (unpaired) electrons. The Balaban J connectivity index is 3.76. The molecule has 0 aliphatic rings. The highest BCUT2D eigenvalue weighted by molar-refractivity contribution is 9.09. The van der Waals surface area contributed by atoms with E-state index >= 15 is 0 Å². The maximum Gasteiger partial charge on any atom is 0.307 e. The highest BCUT2D eigenvalue weighted by Crippen LogP contribution is 2.12. The number of ether oxygens (including phenoxy) is 4. The monoisotopic (exact) mass is 242 g/mol. The quantitative estimate of drug-likeness (QED) is 0.379. The van der Waals surface area contributed by atoms with Gasteiger partial charge < -0.3 is 18.9 Å². The molecule has 0 atom stereocenters. The first-order valence-electron chi connectivity index (χ1n) is 3.54. The Kier molecular flexibility index (Phi) is 6.98. The van der Waals surface area contributed by atoms with Gasteiger partial charge in [0.1, 0.15) is 6.61 Å². The van der Waals surface area contributed by atoms with Gasteiger partial charge in [-0.1, -0.05) is 15.9 Å². The second-order valence-electron chi connectivity index (χ2n) is 2.04. The van der Waals surface area contributed by atoms with Crippen molar-refractivity contribution in [1.82, 2.24) is 0 Å². The molecule has 0 heterocycles. The van der Waals surface area contributed by atoms with Gasteiger partial charge in [-0.2, -0.15) is 0 Å². The Morgan fingerprint density at radius 3 is 1.92 bits per heavy atom. The van der Waals surface area contributed by atoms with Gasteiger partial charge in [-0.15, -0.1) is 0 Å². The van der Waals surface area contributed by atoms with E-state index in [9.17, 15) is 0 Å². The fourth-order valence-corrected chi connectivity index (χ4v) is 0.907. The summed E-state index contributed by atoms with van der Waals surface area (Å²) in [7, 11) is 4.51. The van der Waals surface area contributed by atoms with Crippen molar-refractivity contribution >= 4 is 15.9 Å². The molecule has 0 N–H and O–H groups in total. The summed E-state index contributed by atoms with van der Waals surface area (Å²) in [6.45, 7) is 0.847. The summed E-state index contributed by atoms with van der Waals surface area (Å²) in [6.07, 6.45) is 0. The average molecular weight is 243 g/mol. The van der Waals surface area contributed by atoms with Crippen LogP contribution in [-0.4, -0.2) is 45.8 Å². The Bertz CT molecular complexity index is 97.3. The van der Waals surface area contributed by atoms with Crippen LogP contribution in [0, 0.1) is 0 Å². The normalized spacial score (nSPS) is 12.0. The van der Waals surface area contributed by atoms with Crippen LogP contribution in [0.4, 0.5) is 0 Å². The fourth-order valence-electron chi connectivity index (χ4n) is 0.678. The van der Waals surface area contributed by atoms with E-state index in [1.54, 1.807) is 0 Å². The van der Waals surface area contributed by atoms with Crippen LogP contribution in [0.3, 0.4) is 0 Å². The van der Waals surface area contributed by atoms with E-state index in [2.05, 4.69) is 15.9 Å². The van der Waals surface area contributed by atoms with Gasteiger partial charge in [-0.3, -0.25) is 0 Å². The zero-order valence-corrected chi connectivity index (χ0v) is 9.22. The lowest BCUT2D eigenvalue weighted by atomic mass is 10.6. The molecule has 0 spiro atoms. The molecule has 12 heavy (non-hydrogen) atoms. The van der Waals surface area contributed by atoms with Crippen molar-refractivity contribution in [2.75, 3.05) is 39.9 Å². The minimum Gasteiger partial charge on any atom is -0.372 e. The molecule has 0 fully saturated rings. The predicted octanol–water partition coefficient (Wildman–Crippen LogP) is 0.991. The molecular formula is C7H15BrO4. The number of halogens is 1. The third-order valence-electron chi connectivity index (χ3n) is 1.43. The van der Waals surface area contributed by atoms with Gasteiger partial charge in [-0.05, 0) is 0 Å². The molecule has 0 aliphatic carbocycles. The molecule has 0 rings (SSSR count). The van der Waals surface area contributed by atoms with Crippen LogP contribution in [0.1, 0.15) is 0 Å². The Morgan fingerprint density at radius 2 is 1.58 bits per heavy atom. The van der Waals surface area contributed by atoms with E-state index < -0.39 is 5.97 Å². The average Bonchev–Trinajstić information content (AvgIpc) is 2.14. The van der Waals surface area contributed by atoms with Gasteiger partial charge in [0.2, 0.25) is 0 Å². The van der Waals surface area contributed by atoms with Crippen LogP contribution in [-0.2, 0) is 18.9 Å². The van der Waals surface area contributed by atoms with Gasteiger partial charge in [0.05, 0.1) is 6.61 Å². The maximum atomic E-state index is 5.20. The molecule has 0 aromatic carbocycles. The van der Waals surface area contributed by atoms with E-state index in [1.165, 1.54) is 21.3 Å². The minimum atomic E-state index is -1.07. The summed E-state index contributed by atoms with van der Waals surface area (Å²) in [6, 6.07) is 0. The summed E-state index contributed by atoms with van der Waals surface area (Å²) in [4.78, 5) is 0. The highest BCUT2D eigenvalue weighted by Gasteiger charge is 2.29. The summed E-state index contributed by atoms with van der Waals surface area (Å²) in [5, 5.41) is 0.778. The Morgan fingerprint density at radius 1 is 1.08 bits per heavy atom. The smallest absolute Gasteiger partial charge is 0.307 e.